The number of aromatic nitrogens is 1. The number of hydrogen-bond donors (Lipinski definition) is 2. The van der Waals surface area contributed by atoms with Crippen LogP contribution >= 0.6 is 0 Å². The molecule has 0 saturated carbocycles. The molecule has 7 heteroatoms. The number of carbonyl (C=O) groups is 2. The lowest BCUT2D eigenvalue weighted by atomic mass is 10.3. The second kappa shape index (κ2) is 8.94. The lowest BCUT2D eigenvalue weighted by molar-refractivity contribution is -0.124. The first kappa shape index (κ1) is 20.3. The summed E-state index contributed by atoms with van der Waals surface area (Å²) in [6.45, 7) is 12.9. The van der Waals surface area contributed by atoms with Crippen molar-refractivity contribution < 1.29 is 14.0 Å². The van der Waals surface area contributed by atoms with Crippen molar-refractivity contribution in [2.75, 3.05) is 6.61 Å². The van der Waals surface area contributed by atoms with E-state index in [1.165, 1.54) is 6.20 Å². The highest BCUT2D eigenvalue weighted by atomic mass is 28.4. The molecule has 0 aliphatic carbocycles. The second-order valence-corrected chi connectivity index (χ2v) is 12.3. The zero-order valence-corrected chi connectivity index (χ0v) is 16.4. The van der Waals surface area contributed by atoms with Crippen molar-refractivity contribution >= 4 is 20.1 Å². The van der Waals surface area contributed by atoms with E-state index >= 15 is 0 Å². The Bertz CT molecular complexity index is 525. The van der Waals surface area contributed by atoms with Gasteiger partial charge in [-0.25, -0.2) is 0 Å². The second-order valence-electron chi connectivity index (χ2n) is 6.82. The van der Waals surface area contributed by atoms with Crippen LogP contribution in [0.25, 0.3) is 0 Å². The van der Waals surface area contributed by atoms with Gasteiger partial charge in [-0.1, -0.05) is 47.6 Å². The molecule has 0 unspecified atom stereocenters. The molecule has 1 aromatic heterocycles. The van der Waals surface area contributed by atoms with E-state index in [1.807, 2.05) is 0 Å². The van der Waals surface area contributed by atoms with E-state index in [2.05, 4.69) is 57.4 Å². The maximum absolute atomic E-state index is 12.0. The number of nitrogens with one attached hydrogen (secondary N) is 2. The minimum Gasteiger partial charge on any atom is -0.407 e. The van der Waals surface area contributed by atoms with Crippen molar-refractivity contribution in [1.82, 2.24) is 15.8 Å². The van der Waals surface area contributed by atoms with Gasteiger partial charge in [0.05, 0.1) is 0 Å². The van der Waals surface area contributed by atoms with Crippen LogP contribution in [-0.2, 0) is 9.22 Å². The fourth-order valence-corrected chi connectivity index (χ4v) is 8.80. The summed E-state index contributed by atoms with van der Waals surface area (Å²) < 4.78 is 6.17. The lowest BCUT2D eigenvalue weighted by Crippen LogP contribution is -2.51. The average molecular weight is 352 g/mol. The number of amides is 2. The zero-order chi connectivity index (χ0) is 18.3. The Labute approximate surface area is 145 Å². The summed E-state index contributed by atoms with van der Waals surface area (Å²) in [6, 6.07) is 5.00. The number of nitrogens with zero attached hydrogens (tertiary/aromatic N) is 1. The third-order valence-corrected chi connectivity index (χ3v) is 10.4. The maximum Gasteiger partial charge on any atom is 0.288 e. The predicted octanol–water partition coefficient (Wildman–Crippen LogP) is 3.03. The van der Waals surface area contributed by atoms with Crippen molar-refractivity contribution in [2.24, 2.45) is 0 Å². The molecule has 1 aromatic rings. The van der Waals surface area contributed by atoms with Crippen LogP contribution in [0.3, 0.4) is 0 Å². The van der Waals surface area contributed by atoms with Gasteiger partial charge in [-0.3, -0.25) is 25.4 Å². The van der Waals surface area contributed by atoms with Gasteiger partial charge in [-0.05, 0) is 28.8 Å². The first-order chi connectivity index (χ1) is 11.2. The zero-order valence-electron chi connectivity index (χ0n) is 15.4. The van der Waals surface area contributed by atoms with Gasteiger partial charge in [0.25, 0.3) is 11.8 Å². The molecule has 0 spiro atoms. The summed E-state index contributed by atoms with van der Waals surface area (Å²) >= 11 is 0. The van der Waals surface area contributed by atoms with Gasteiger partial charge in [-0.15, -0.1) is 0 Å². The first-order valence-corrected chi connectivity index (χ1v) is 10.5. The van der Waals surface area contributed by atoms with Crippen LogP contribution in [0.15, 0.2) is 24.4 Å². The minimum atomic E-state index is -2.10. The molecule has 1 rings (SSSR count). The van der Waals surface area contributed by atoms with Crippen LogP contribution in [0.1, 0.15) is 52.0 Å². The predicted molar refractivity (Wildman–Crippen MR) is 96.8 cm³/mol. The van der Waals surface area contributed by atoms with Crippen molar-refractivity contribution in [1.29, 1.82) is 0 Å². The Morgan fingerprint density at radius 1 is 1.04 bits per heavy atom. The lowest BCUT2D eigenvalue weighted by Gasteiger charge is -2.41. The molecule has 0 fully saturated rings. The Balaban J connectivity index is 2.59. The van der Waals surface area contributed by atoms with Gasteiger partial charge < -0.3 is 4.43 Å². The van der Waals surface area contributed by atoms with Crippen molar-refractivity contribution in [2.45, 2.75) is 58.2 Å². The Kier molecular flexibility index (Phi) is 7.56. The van der Waals surface area contributed by atoms with Crippen LogP contribution in [0.2, 0.25) is 16.6 Å². The van der Waals surface area contributed by atoms with E-state index in [9.17, 15) is 9.59 Å². The molecule has 0 aliphatic heterocycles. The van der Waals surface area contributed by atoms with Crippen LogP contribution in [0, 0.1) is 0 Å². The van der Waals surface area contributed by atoms with E-state index in [1.54, 1.807) is 18.2 Å². The highest BCUT2D eigenvalue weighted by Crippen LogP contribution is 2.42. The Morgan fingerprint density at radius 2 is 1.62 bits per heavy atom. The summed E-state index contributed by atoms with van der Waals surface area (Å²) in [4.78, 5) is 27.8. The monoisotopic (exact) mass is 351 g/mol. The number of rotatable bonds is 7. The Morgan fingerprint density at radius 3 is 2.08 bits per heavy atom. The summed E-state index contributed by atoms with van der Waals surface area (Å²) in [7, 11) is -2.10. The molecule has 0 saturated heterocycles. The van der Waals surface area contributed by atoms with Gasteiger partial charge in [0.2, 0.25) is 8.32 Å². The number of pyridine rings is 1. The van der Waals surface area contributed by atoms with E-state index in [-0.39, 0.29) is 18.2 Å². The molecular formula is C17H29N3O3Si. The molecule has 0 radical (unpaired) electrons. The molecule has 2 N–H and O–H groups in total. The van der Waals surface area contributed by atoms with Crippen molar-refractivity contribution in [3.8, 4) is 0 Å². The van der Waals surface area contributed by atoms with Crippen molar-refractivity contribution in [3.05, 3.63) is 30.1 Å². The summed E-state index contributed by atoms with van der Waals surface area (Å²) in [5.41, 5.74) is 6.18. The molecule has 134 valence electrons. The fraction of sp³-hybridized carbons (Fsp3) is 0.588. The molecular weight excluding hydrogens is 322 g/mol. The highest BCUT2D eigenvalue weighted by Gasteiger charge is 2.45. The standard InChI is InChI=1S/C17H29N3O3Si/c1-12(2)24(13(3)4,14(5)6)23-11-16(21)19-20-17(22)15-9-7-8-10-18-15/h7-10,12-14H,11H2,1-6H3,(H,19,21)(H,20,22). The normalized spacial score (nSPS) is 11.9. The number of carbonyl (C=O) groups excluding carboxylic acids is 2. The summed E-state index contributed by atoms with van der Waals surface area (Å²) in [6.07, 6.45) is 1.52. The molecule has 0 atom stereocenters. The smallest absolute Gasteiger partial charge is 0.288 e. The summed E-state index contributed by atoms with van der Waals surface area (Å²) in [5.74, 6) is -0.817. The molecule has 0 aliphatic rings. The van der Waals surface area contributed by atoms with Crippen LogP contribution < -0.4 is 10.9 Å². The van der Waals surface area contributed by atoms with E-state index in [0.29, 0.717) is 16.6 Å². The summed E-state index contributed by atoms with van der Waals surface area (Å²) in [5, 5.41) is 0. The van der Waals surface area contributed by atoms with E-state index in [4.69, 9.17) is 4.43 Å². The van der Waals surface area contributed by atoms with Gasteiger partial charge >= 0.3 is 0 Å². The topological polar surface area (TPSA) is 80.3 Å². The number of hydrazine groups is 1. The Hall–Kier alpha value is -1.73. The molecule has 0 aromatic carbocycles. The minimum absolute atomic E-state index is 0.0523. The molecule has 1 heterocycles. The third-order valence-electron chi connectivity index (χ3n) is 4.37. The molecule has 0 bridgehead atoms. The first-order valence-electron chi connectivity index (χ1n) is 8.36. The highest BCUT2D eigenvalue weighted by molar-refractivity contribution is 6.77. The molecule has 24 heavy (non-hydrogen) atoms. The van der Waals surface area contributed by atoms with Crippen LogP contribution in [0.5, 0.6) is 0 Å². The maximum atomic E-state index is 12.0. The number of hydrogen-bond acceptors (Lipinski definition) is 4. The van der Waals surface area contributed by atoms with E-state index in [0.717, 1.165) is 0 Å². The van der Waals surface area contributed by atoms with Crippen LogP contribution in [-0.4, -0.2) is 31.7 Å². The molecule has 6 nitrogen and oxygen atoms in total. The third kappa shape index (κ3) is 4.88. The SMILES string of the molecule is CC(C)[Si](OCC(=O)NNC(=O)c1ccccn1)(C(C)C)C(C)C. The van der Waals surface area contributed by atoms with Gasteiger partial charge in [0.15, 0.2) is 0 Å². The molecule has 2 amide bonds. The van der Waals surface area contributed by atoms with Crippen molar-refractivity contribution in [3.63, 3.8) is 0 Å². The van der Waals surface area contributed by atoms with E-state index < -0.39 is 14.2 Å². The quantitative estimate of drug-likeness (QED) is 0.584. The fourth-order valence-electron chi connectivity index (χ4n) is 3.41. The average Bonchev–Trinajstić information content (AvgIpc) is 2.53. The van der Waals surface area contributed by atoms with Gasteiger partial charge in [0, 0.05) is 6.20 Å². The van der Waals surface area contributed by atoms with Gasteiger partial charge in [-0.2, -0.15) is 0 Å². The largest absolute Gasteiger partial charge is 0.407 e. The van der Waals surface area contributed by atoms with Gasteiger partial charge in [0.1, 0.15) is 12.3 Å². The van der Waals surface area contributed by atoms with Crippen LogP contribution in [0.4, 0.5) is 0 Å².